The van der Waals surface area contributed by atoms with E-state index in [4.69, 9.17) is 10.2 Å². The summed E-state index contributed by atoms with van der Waals surface area (Å²) < 4.78 is 4.45. The summed E-state index contributed by atoms with van der Waals surface area (Å²) in [5.41, 5.74) is -0.148. The summed E-state index contributed by atoms with van der Waals surface area (Å²) >= 11 is 0. The van der Waals surface area contributed by atoms with E-state index in [1.54, 1.807) is 30.3 Å². The Bertz CT molecular complexity index is 603. The lowest BCUT2D eigenvalue weighted by Crippen LogP contribution is -2.08. The van der Waals surface area contributed by atoms with Crippen molar-refractivity contribution in [2.45, 2.75) is 0 Å². The van der Waals surface area contributed by atoms with E-state index in [0.717, 1.165) is 0 Å². The summed E-state index contributed by atoms with van der Waals surface area (Å²) in [5.74, 6) is -1.40. The van der Waals surface area contributed by atoms with Gasteiger partial charge in [-0.25, -0.2) is 9.59 Å². The Hall–Kier alpha value is -2.56. The van der Waals surface area contributed by atoms with E-state index >= 15 is 0 Å². The molecule has 0 atom stereocenters. The zero-order valence-corrected chi connectivity index (χ0v) is 8.58. The fourth-order valence-corrected chi connectivity index (χ4v) is 1.65. The van der Waals surface area contributed by atoms with Crippen molar-refractivity contribution in [3.8, 4) is 5.75 Å². The number of rotatable bonds is 2. The number of ether oxygens (including phenoxy) is 1. The Kier molecular flexibility index (Phi) is 2.66. The molecule has 2 aromatic rings. The Morgan fingerprint density at radius 2 is 1.71 bits per heavy atom. The molecule has 0 aromatic heterocycles. The highest BCUT2D eigenvalue weighted by Gasteiger charge is 2.17. The van der Waals surface area contributed by atoms with Crippen LogP contribution in [0, 0.1) is 0 Å². The van der Waals surface area contributed by atoms with E-state index in [1.165, 1.54) is 6.07 Å². The van der Waals surface area contributed by atoms with Gasteiger partial charge < -0.3 is 14.9 Å². The van der Waals surface area contributed by atoms with Gasteiger partial charge in [0, 0.05) is 0 Å². The zero-order chi connectivity index (χ0) is 12.4. The molecule has 0 unspecified atom stereocenters. The fraction of sp³-hybridized carbons (Fsp3) is 0. The second-order valence-corrected chi connectivity index (χ2v) is 3.33. The van der Waals surface area contributed by atoms with Gasteiger partial charge >= 0.3 is 12.1 Å². The number of fused-ring (bicyclic) bond motifs is 1. The lowest BCUT2D eigenvalue weighted by atomic mass is 10.0. The monoisotopic (exact) mass is 232 g/mol. The second-order valence-electron chi connectivity index (χ2n) is 3.33. The minimum absolute atomic E-state index is 0.148. The van der Waals surface area contributed by atoms with Crippen molar-refractivity contribution in [2.75, 3.05) is 0 Å². The molecule has 2 rings (SSSR count). The van der Waals surface area contributed by atoms with Crippen molar-refractivity contribution in [2.24, 2.45) is 0 Å². The van der Waals surface area contributed by atoms with Gasteiger partial charge in [0.1, 0.15) is 11.3 Å². The average molecular weight is 232 g/mol. The standard InChI is InChI=1S/C12H8O5/c13-11(14)10-8-4-2-1-3-7(8)5-6-9(10)17-12(15)16/h1-6H,(H,13,14)(H,15,16). The Morgan fingerprint density at radius 1 is 1.00 bits per heavy atom. The Morgan fingerprint density at radius 3 is 2.35 bits per heavy atom. The first-order valence-corrected chi connectivity index (χ1v) is 4.75. The molecule has 2 N–H and O–H groups in total. The smallest absolute Gasteiger partial charge is 0.478 e. The minimum atomic E-state index is -1.54. The van der Waals surface area contributed by atoms with Crippen LogP contribution in [0.3, 0.4) is 0 Å². The molecule has 0 fully saturated rings. The number of hydrogen-bond donors (Lipinski definition) is 2. The van der Waals surface area contributed by atoms with Crippen LogP contribution in [-0.4, -0.2) is 22.3 Å². The lowest BCUT2D eigenvalue weighted by molar-refractivity contribution is 0.0695. The van der Waals surface area contributed by atoms with Crippen LogP contribution in [0.4, 0.5) is 4.79 Å². The van der Waals surface area contributed by atoms with E-state index < -0.39 is 12.1 Å². The minimum Gasteiger partial charge on any atom is -0.478 e. The van der Waals surface area contributed by atoms with E-state index in [0.29, 0.717) is 10.8 Å². The molecule has 0 radical (unpaired) electrons. The number of hydrogen-bond acceptors (Lipinski definition) is 3. The fourth-order valence-electron chi connectivity index (χ4n) is 1.65. The first kappa shape index (κ1) is 10.9. The third-order valence-electron chi connectivity index (χ3n) is 2.30. The van der Waals surface area contributed by atoms with Gasteiger partial charge in [-0.15, -0.1) is 0 Å². The molecular formula is C12H8O5. The van der Waals surface area contributed by atoms with Gasteiger partial charge in [-0.2, -0.15) is 0 Å². The summed E-state index contributed by atoms with van der Waals surface area (Å²) in [5, 5.41) is 18.8. The molecule has 0 saturated heterocycles. The van der Waals surface area contributed by atoms with Crippen molar-refractivity contribution < 1.29 is 24.5 Å². The lowest BCUT2D eigenvalue weighted by Gasteiger charge is -2.07. The summed E-state index contributed by atoms with van der Waals surface area (Å²) in [6.45, 7) is 0. The predicted molar refractivity (Wildman–Crippen MR) is 59.6 cm³/mol. The summed E-state index contributed by atoms with van der Waals surface area (Å²) in [7, 11) is 0. The molecular weight excluding hydrogens is 224 g/mol. The number of benzene rings is 2. The number of carboxylic acid groups (broad SMARTS) is 2. The van der Waals surface area contributed by atoms with Crippen LogP contribution in [0.1, 0.15) is 10.4 Å². The Balaban J connectivity index is 2.72. The second kappa shape index (κ2) is 4.13. The highest BCUT2D eigenvalue weighted by molar-refractivity contribution is 6.06. The van der Waals surface area contributed by atoms with Gasteiger partial charge in [0.2, 0.25) is 0 Å². The van der Waals surface area contributed by atoms with E-state index in [-0.39, 0.29) is 11.3 Å². The van der Waals surface area contributed by atoms with Gasteiger partial charge in [0.15, 0.2) is 0 Å². The van der Waals surface area contributed by atoms with Crippen molar-refractivity contribution in [1.29, 1.82) is 0 Å². The van der Waals surface area contributed by atoms with Crippen molar-refractivity contribution in [1.82, 2.24) is 0 Å². The molecule has 0 aliphatic heterocycles. The van der Waals surface area contributed by atoms with Gasteiger partial charge in [0.05, 0.1) is 0 Å². The van der Waals surface area contributed by atoms with Crippen molar-refractivity contribution in [3.05, 3.63) is 42.0 Å². The SMILES string of the molecule is O=C(O)Oc1ccc2ccccc2c1C(=O)O. The third-order valence-corrected chi connectivity index (χ3v) is 2.30. The summed E-state index contributed by atoms with van der Waals surface area (Å²) in [6, 6.07) is 9.74. The maximum atomic E-state index is 11.1. The van der Waals surface area contributed by atoms with Crippen LogP contribution in [-0.2, 0) is 0 Å². The molecule has 2 aromatic carbocycles. The molecule has 0 amide bonds. The highest BCUT2D eigenvalue weighted by atomic mass is 16.7. The van der Waals surface area contributed by atoms with Crippen LogP contribution in [0.2, 0.25) is 0 Å². The molecule has 0 aliphatic carbocycles. The first-order chi connectivity index (χ1) is 8.09. The Labute approximate surface area is 95.9 Å². The number of aromatic carboxylic acids is 1. The molecule has 5 nitrogen and oxygen atoms in total. The third kappa shape index (κ3) is 2.03. The van der Waals surface area contributed by atoms with Crippen LogP contribution in [0.5, 0.6) is 5.75 Å². The molecule has 0 spiro atoms. The number of carboxylic acids is 1. The van der Waals surface area contributed by atoms with E-state index in [1.807, 2.05) is 0 Å². The highest BCUT2D eigenvalue weighted by Crippen LogP contribution is 2.28. The average Bonchev–Trinajstić information content (AvgIpc) is 2.27. The van der Waals surface area contributed by atoms with E-state index in [2.05, 4.69) is 4.74 Å². The summed E-state index contributed by atoms with van der Waals surface area (Å²) in [6.07, 6.45) is -1.54. The normalized spacial score (nSPS) is 10.1. The van der Waals surface area contributed by atoms with Crippen LogP contribution < -0.4 is 4.74 Å². The molecule has 5 heteroatoms. The predicted octanol–water partition coefficient (Wildman–Crippen LogP) is 2.59. The molecule has 0 aliphatic rings. The van der Waals surface area contributed by atoms with Crippen LogP contribution in [0.15, 0.2) is 36.4 Å². The molecule has 0 bridgehead atoms. The van der Waals surface area contributed by atoms with Gasteiger partial charge in [-0.3, -0.25) is 0 Å². The van der Waals surface area contributed by atoms with Crippen LogP contribution >= 0.6 is 0 Å². The quantitative estimate of drug-likeness (QED) is 0.614. The first-order valence-electron chi connectivity index (χ1n) is 4.75. The van der Waals surface area contributed by atoms with Gasteiger partial charge in [-0.05, 0) is 16.8 Å². The molecule has 86 valence electrons. The maximum Gasteiger partial charge on any atom is 0.511 e. The molecule has 0 saturated carbocycles. The van der Waals surface area contributed by atoms with Crippen LogP contribution in [0.25, 0.3) is 10.8 Å². The molecule has 0 heterocycles. The van der Waals surface area contributed by atoms with Crippen molar-refractivity contribution in [3.63, 3.8) is 0 Å². The largest absolute Gasteiger partial charge is 0.511 e. The van der Waals surface area contributed by atoms with Gasteiger partial charge in [-0.1, -0.05) is 30.3 Å². The maximum absolute atomic E-state index is 11.1. The van der Waals surface area contributed by atoms with Crippen molar-refractivity contribution >= 4 is 22.9 Å². The zero-order valence-electron chi connectivity index (χ0n) is 8.58. The van der Waals surface area contributed by atoms with E-state index in [9.17, 15) is 9.59 Å². The molecule has 17 heavy (non-hydrogen) atoms. The summed E-state index contributed by atoms with van der Waals surface area (Å²) in [4.78, 5) is 21.6. The number of carbonyl (C=O) groups is 2. The topological polar surface area (TPSA) is 83.8 Å². The van der Waals surface area contributed by atoms with Gasteiger partial charge in [0.25, 0.3) is 0 Å².